The van der Waals surface area contributed by atoms with Gasteiger partial charge in [0.05, 0.1) is 24.9 Å². The van der Waals surface area contributed by atoms with Crippen LogP contribution in [0.3, 0.4) is 0 Å². The maximum absolute atomic E-state index is 12.8. The summed E-state index contributed by atoms with van der Waals surface area (Å²) in [7, 11) is 0. The van der Waals surface area contributed by atoms with E-state index in [4.69, 9.17) is 14.2 Å². The summed E-state index contributed by atoms with van der Waals surface area (Å²) in [6.45, 7) is 12.1. The van der Waals surface area contributed by atoms with E-state index in [0.29, 0.717) is 43.8 Å². The predicted octanol–water partition coefficient (Wildman–Crippen LogP) is 3.93. The van der Waals surface area contributed by atoms with E-state index in [-0.39, 0.29) is 24.8 Å². The largest absolute Gasteiger partial charge is 0.489 e. The fourth-order valence-corrected chi connectivity index (χ4v) is 3.26. The van der Waals surface area contributed by atoms with Gasteiger partial charge in [0.2, 0.25) is 0 Å². The second-order valence-corrected chi connectivity index (χ2v) is 6.82. The molecule has 1 N–H and O–H groups in total. The first-order valence-electron chi connectivity index (χ1n) is 9.66. The number of aliphatic hydroxyl groups excluding tert-OH is 1. The lowest BCUT2D eigenvalue weighted by Gasteiger charge is -2.28. The Labute approximate surface area is 167 Å². The minimum Gasteiger partial charge on any atom is -0.489 e. The van der Waals surface area contributed by atoms with Crippen molar-refractivity contribution in [1.82, 2.24) is 0 Å². The van der Waals surface area contributed by atoms with Crippen molar-refractivity contribution in [3.63, 3.8) is 0 Å². The molecule has 1 saturated heterocycles. The Bertz CT molecular complexity index is 735. The van der Waals surface area contributed by atoms with Crippen molar-refractivity contribution < 1.29 is 24.1 Å². The van der Waals surface area contributed by atoms with Gasteiger partial charge >= 0.3 is 5.97 Å². The molecule has 1 aromatic carbocycles. The Morgan fingerprint density at radius 3 is 2.82 bits per heavy atom. The van der Waals surface area contributed by atoms with Crippen LogP contribution < -0.4 is 4.74 Å². The molecule has 0 spiro atoms. The molecular weight excluding hydrogens is 356 g/mol. The van der Waals surface area contributed by atoms with Gasteiger partial charge in [0.15, 0.2) is 0 Å². The van der Waals surface area contributed by atoms with E-state index in [9.17, 15) is 9.90 Å². The summed E-state index contributed by atoms with van der Waals surface area (Å²) < 4.78 is 17.0. The fourth-order valence-electron chi connectivity index (χ4n) is 3.26. The molecule has 5 nitrogen and oxygen atoms in total. The number of aliphatic hydroxyl groups is 1. The topological polar surface area (TPSA) is 65.0 Å². The normalized spacial score (nSPS) is 19.8. The van der Waals surface area contributed by atoms with E-state index in [1.807, 2.05) is 32.1 Å². The van der Waals surface area contributed by atoms with Crippen LogP contribution in [0.15, 0.2) is 49.1 Å². The number of allylic oxidation sites excluding steroid dienone is 2. The van der Waals surface area contributed by atoms with Crippen LogP contribution in [0.5, 0.6) is 5.75 Å². The number of benzene rings is 1. The van der Waals surface area contributed by atoms with E-state index < -0.39 is 0 Å². The molecular formula is C23H30O5. The van der Waals surface area contributed by atoms with Gasteiger partial charge in [0.1, 0.15) is 18.5 Å². The van der Waals surface area contributed by atoms with Gasteiger partial charge in [0, 0.05) is 12.8 Å². The second-order valence-electron chi connectivity index (χ2n) is 6.82. The zero-order valence-electron chi connectivity index (χ0n) is 16.8. The number of rotatable bonds is 9. The van der Waals surface area contributed by atoms with Gasteiger partial charge in [-0.25, -0.2) is 4.79 Å². The molecule has 28 heavy (non-hydrogen) atoms. The molecule has 0 saturated carbocycles. The van der Waals surface area contributed by atoms with Crippen LogP contribution >= 0.6 is 0 Å². The standard InChI is InChI=1S/C23H30O5/c1-5-8-17(6-2)15-27-20-11-16(4)22(18(7-3)12-20)23(25)28-19-9-10-26-21(13-19)14-24/h5-6,8,11-12,19,21,24H,1-2,7,9-10,13-15H2,3-4H3/b17-8+. The molecule has 0 aliphatic carbocycles. The molecule has 2 unspecified atom stereocenters. The third-order valence-electron chi connectivity index (χ3n) is 4.77. The highest BCUT2D eigenvalue weighted by molar-refractivity contribution is 5.93. The lowest BCUT2D eigenvalue weighted by molar-refractivity contribution is -0.0720. The molecule has 0 bridgehead atoms. The monoisotopic (exact) mass is 386 g/mol. The zero-order valence-corrected chi connectivity index (χ0v) is 16.8. The molecule has 1 aromatic rings. The molecule has 1 fully saturated rings. The summed E-state index contributed by atoms with van der Waals surface area (Å²) >= 11 is 0. The molecule has 2 atom stereocenters. The van der Waals surface area contributed by atoms with Crippen molar-refractivity contribution in [2.45, 2.75) is 45.3 Å². The Balaban J connectivity index is 2.13. The number of esters is 1. The van der Waals surface area contributed by atoms with Crippen LogP contribution in [0.25, 0.3) is 0 Å². The smallest absolute Gasteiger partial charge is 0.338 e. The average Bonchev–Trinajstić information content (AvgIpc) is 2.70. The molecule has 1 aliphatic rings. The van der Waals surface area contributed by atoms with Crippen LogP contribution in [0, 0.1) is 6.92 Å². The number of carbonyl (C=O) groups is 1. The predicted molar refractivity (Wildman–Crippen MR) is 110 cm³/mol. The van der Waals surface area contributed by atoms with Gasteiger partial charge < -0.3 is 19.3 Å². The Kier molecular flexibility index (Phi) is 8.48. The minimum atomic E-state index is -0.331. The van der Waals surface area contributed by atoms with Gasteiger partial charge in [-0.15, -0.1) is 0 Å². The zero-order chi connectivity index (χ0) is 20.5. The highest BCUT2D eigenvalue weighted by Gasteiger charge is 2.27. The van der Waals surface area contributed by atoms with Crippen LogP contribution in [0.1, 0.15) is 41.3 Å². The van der Waals surface area contributed by atoms with E-state index >= 15 is 0 Å². The highest BCUT2D eigenvalue weighted by atomic mass is 16.6. The summed E-state index contributed by atoms with van der Waals surface area (Å²) in [4.78, 5) is 12.8. The molecule has 0 amide bonds. The average molecular weight is 386 g/mol. The van der Waals surface area contributed by atoms with Crippen LogP contribution in [-0.2, 0) is 15.9 Å². The van der Waals surface area contributed by atoms with Crippen LogP contribution in [0.2, 0.25) is 0 Å². The van der Waals surface area contributed by atoms with E-state index in [1.54, 1.807) is 12.2 Å². The number of hydrogen-bond donors (Lipinski definition) is 1. The van der Waals surface area contributed by atoms with Gasteiger partial charge in [-0.2, -0.15) is 0 Å². The first-order valence-corrected chi connectivity index (χ1v) is 9.66. The summed E-state index contributed by atoms with van der Waals surface area (Å²) in [5.41, 5.74) is 3.22. The third-order valence-corrected chi connectivity index (χ3v) is 4.77. The molecule has 0 aromatic heterocycles. The first-order chi connectivity index (χ1) is 13.5. The molecule has 1 heterocycles. The maximum Gasteiger partial charge on any atom is 0.338 e. The van der Waals surface area contributed by atoms with Gasteiger partial charge in [-0.3, -0.25) is 0 Å². The number of ether oxygens (including phenoxy) is 3. The van der Waals surface area contributed by atoms with E-state index in [1.165, 1.54) is 0 Å². The van der Waals surface area contributed by atoms with Crippen molar-refractivity contribution in [1.29, 1.82) is 0 Å². The summed E-state index contributed by atoms with van der Waals surface area (Å²) in [5, 5.41) is 9.26. The van der Waals surface area contributed by atoms with Crippen molar-refractivity contribution >= 4 is 5.97 Å². The van der Waals surface area contributed by atoms with Crippen molar-refractivity contribution in [2.24, 2.45) is 0 Å². The first kappa shape index (κ1) is 21.9. The SMILES string of the molecule is C=C/C=C(\C=C)COc1cc(C)c(C(=O)OC2CCOC(CO)C2)c(CC)c1. The van der Waals surface area contributed by atoms with E-state index in [0.717, 1.165) is 16.7 Å². The lowest BCUT2D eigenvalue weighted by atomic mass is 9.99. The van der Waals surface area contributed by atoms with Gasteiger partial charge in [-0.1, -0.05) is 38.3 Å². The Morgan fingerprint density at radius 2 is 2.18 bits per heavy atom. The van der Waals surface area contributed by atoms with E-state index in [2.05, 4.69) is 13.2 Å². The number of hydrogen-bond acceptors (Lipinski definition) is 5. The lowest BCUT2D eigenvalue weighted by Crippen LogP contribution is -2.34. The minimum absolute atomic E-state index is 0.0632. The Morgan fingerprint density at radius 1 is 1.39 bits per heavy atom. The van der Waals surface area contributed by atoms with Gasteiger partial charge in [-0.05, 0) is 42.2 Å². The van der Waals surface area contributed by atoms with Crippen molar-refractivity contribution in [3.8, 4) is 5.75 Å². The molecule has 5 heteroatoms. The maximum atomic E-state index is 12.8. The summed E-state index contributed by atoms with van der Waals surface area (Å²) in [6.07, 6.45) is 6.61. The van der Waals surface area contributed by atoms with Crippen LogP contribution in [-0.4, -0.2) is 43.1 Å². The molecule has 1 aliphatic heterocycles. The molecule has 152 valence electrons. The second kappa shape index (κ2) is 10.8. The van der Waals surface area contributed by atoms with Gasteiger partial charge in [0.25, 0.3) is 0 Å². The highest BCUT2D eigenvalue weighted by Crippen LogP contribution is 2.26. The van der Waals surface area contributed by atoms with Crippen LogP contribution in [0.4, 0.5) is 0 Å². The summed E-state index contributed by atoms with van der Waals surface area (Å²) in [5.74, 6) is 0.372. The quantitative estimate of drug-likeness (QED) is 0.515. The van der Waals surface area contributed by atoms with Crippen molar-refractivity contribution in [3.05, 3.63) is 65.8 Å². The number of aryl methyl sites for hydroxylation is 2. The molecule has 0 radical (unpaired) electrons. The third kappa shape index (κ3) is 5.81. The fraction of sp³-hybridized carbons (Fsp3) is 0.435. The number of carbonyl (C=O) groups excluding carboxylic acids is 1. The van der Waals surface area contributed by atoms with Crippen molar-refractivity contribution in [2.75, 3.05) is 19.8 Å². The molecule has 2 rings (SSSR count). The summed E-state index contributed by atoms with van der Waals surface area (Å²) in [6, 6.07) is 3.74. The Hall–Kier alpha value is -2.37.